The van der Waals surface area contributed by atoms with Gasteiger partial charge in [0.2, 0.25) is 6.10 Å². The fourth-order valence-electron chi connectivity index (χ4n) is 2.16. The van der Waals surface area contributed by atoms with Crippen molar-refractivity contribution in [2.45, 2.75) is 13.0 Å². The van der Waals surface area contributed by atoms with Crippen LogP contribution in [0.1, 0.15) is 5.56 Å². The zero-order chi connectivity index (χ0) is 16.1. The van der Waals surface area contributed by atoms with Crippen LogP contribution in [0.5, 0.6) is 17.2 Å². The van der Waals surface area contributed by atoms with Crippen molar-refractivity contribution in [2.75, 3.05) is 19.8 Å². The Hall–Kier alpha value is -2.69. The van der Waals surface area contributed by atoms with Crippen LogP contribution in [-0.2, 0) is 9.53 Å². The second-order valence-electron chi connectivity index (χ2n) is 5.19. The molecule has 0 radical (unpaired) electrons. The molecule has 0 amide bonds. The normalized spacial score (nSPS) is 15.8. The Morgan fingerprint density at radius 3 is 2.61 bits per heavy atom. The molecule has 2 aromatic rings. The molecule has 23 heavy (non-hydrogen) atoms. The Morgan fingerprint density at radius 1 is 1.09 bits per heavy atom. The summed E-state index contributed by atoms with van der Waals surface area (Å²) < 4.78 is 21.7. The van der Waals surface area contributed by atoms with Gasteiger partial charge in [0.15, 0.2) is 11.5 Å². The van der Waals surface area contributed by atoms with Gasteiger partial charge in [-0.05, 0) is 31.2 Å². The van der Waals surface area contributed by atoms with Crippen molar-refractivity contribution in [1.82, 2.24) is 0 Å². The number of fused-ring (bicyclic) bond motifs is 1. The molecule has 5 nitrogen and oxygen atoms in total. The van der Waals surface area contributed by atoms with Crippen LogP contribution in [0.2, 0.25) is 0 Å². The van der Waals surface area contributed by atoms with Crippen LogP contribution in [0.4, 0.5) is 0 Å². The highest BCUT2D eigenvalue weighted by Gasteiger charge is 2.28. The van der Waals surface area contributed by atoms with Gasteiger partial charge in [-0.2, -0.15) is 0 Å². The molecule has 5 heteroatoms. The van der Waals surface area contributed by atoms with Gasteiger partial charge < -0.3 is 18.9 Å². The lowest BCUT2D eigenvalue weighted by Crippen LogP contribution is -2.38. The molecule has 0 aliphatic carbocycles. The lowest BCUT2D eigenvalue weighted by atomic mass is 10.2. The summed E-state index contributed by atoms with van der Waals surface area (Å²) in [6, 6.07) is 14.9. The maximum absolute atomic E-state index is 12.0. The van der Waals surface area contributed by atoms with Crippen LogP contribution in [0, 0.1) is 6.92 Å². The zero-order valence-electron chi connectivity index (χ0n) is 12.9. The molecule has 1 atom stereocenters. The number of ether oxygens (including phenoxy) is 4. The topological polar surface area (TPSA) is 54.0 Å². The van der Waals surface area contributed by atoms with Gasteiger partial charge in [-0.25, -0.2) is 4.79 Å². The van der Waals surface area contributed by atoms with Crippen LogP contribution in [0.25, 0.3) is 0 Å². The van der Waals surface area contributed by atoms with Crippen molar-refractivity contribution in [3.05, 3.63) is 54.1 Å². The van der Waals surface area contributed by atoms with Gasteiger partial charge in [-0.3, -0.25) is 0 Å². The number of aryl methyl sites for hydroxylation is 1. The molecule has 1 aliphatic rings. The molecule has 0 N–H and O–H groups in total. The number of hydrogen-bond acceptors (Lipinski definition) is 5. The number of rotatable bonds is 5. The summed E-state index contributed by atoms with van der Waals surface area (Å²) in [7, 11) is 0. The standard InChI is InChI=1S/C18H18O5/c1-13-6-8-14(9-7-13)20-10-11-21-18(19)17-12-22-15-4-2-3-5-16(15)23-17/h2-9,17H,10-12H2,1H3/t17-/m0/s1. The fourth-order valence-corrected chi connectivity index (χ4v) is 2.16. The van der Waals surface area contributed by atoms with Gasteiger partial charge in [0, 0.05) is 0 Å². The van der Waals surface area contributed by atoms with E-state index in [1.54, 1.807) is 12.1 Å². The lowest BCUT2D eigenvalue weighted by molar-refractivity contribution is -0.155. The number of esters is 1. The molecule has 0 aromatic heterocycles. The van der Waals surface area contributed by atoms with Crippen molar-refractivity contribution in [3.8, 4) is 17.2 Å². The second kappa shape index (κ2) is 7.05. The highest BCUT2D eigenvalue weighted by Crippen LogP contribution is 2.31. The molecule has 1 aliphatic heterocycles. The molecule has 0 spiro atoms. The second-order valence-corrected chi connectivity index (χ2v) is 5.19. The van der Waals surface area contributed by atoms with Crippen molar-refractivity contribution in [3.63, 3.8) is 0 Å². The number of carbonyl (C=O) groups excluding carboxylic acids is 1. The first kappa shape index (κ1) is 15.2. The summed E-state index contributed by atoms with van der Waals surface area (Å²) in [5.74, 6) is 1.49. The van der Waals surface area contributed by atoms with E-state index in [-0.39, 0.29) is 13.2 Å². The molecule has 0 unspecified atom stereocenters. The van der Waals surface area contributed by atoms with E-state index in [1.165, 1.54) is 5.56 Å². The van der Waals surface area contributed by atoms with Crippen molar-refractivity contribution < 1.29 is 23.7 Å². The van der Waals surface area contributed by atoms with Gasteiger partial charge in [-0.1, -0.05) is 29.8 Å². The minimum Gasteiger partial charge on any atom is -0.490 e. The van der Waals surface area contributed by atoms with E-state index >= 15 is 0 Å². The number of benzene rings is 2. The third kappa shape index (κ3) is 3.94. The van der Waals surface area contributed by atoms with Gasteiger partial charge >= 0.3 is 5.97 Å². The predicted molar refractivity (Wildman–Crippen MR) is 84.0 cm³/mol. The van der Waals surface area contributed by atoms with Crippen LogP contribution in [-0.4, -0.2) is 31.9 Å². The van der Waals surface area contributed by atoms with Gasteiger partial charge in [0.25, 0.3) is 0 Å². The van der Waals surface area contributed by atoms with Crippen LogP contribution < -0.4 is 14.2 Å². The maximum Gasteiger partial charge on any atom is 0.351 e. The van der Waals surface area contributed by atoms with E-state index in [0.29, 0.717) is 18.1 Å². The Bertz CT molecular complexity index is 665. The van der Waals surface area contributed by atoms with Gasteiger partial charge in [-0.15, -0.1) is 0 Å². The van der Waals surface area contributed by atoms with E-state index in [0.717, 1.165) is 5.75 Å². The minimum atomic E-state index is -0.746. The SMILES string of the molecule is Cc1ccc(OCCOC(=O)[C@@H]2COc3ccccc3O2)cc1. The molecular formula is C18H18O5. The number of carbonyl (C=O) groups is 1. The molecule has 120 valence electrons. The smallest absolute Gasteiger partial charge is 0.351 e. The summed E-state index contributed by atoms with van der Waals surface area (Å²) in [6.07, 6.45) is -0.746. The van der Waals surface area contributed by atoms with Gasteiger partial charge in [0.05, 0.1) is 0 Å². The molecule has 0 saturated carbocycles. The highest BCUT2D eigenvalue weighted by molar-refractivity contribution is 5.76. The Morgan fingerprint density at radius 2 is 1.83 bits per heavy atom. The first-order valence-electron chi connectivity index (χ1n) is 7.47. The predicted octanol–water partition coefficient (Wildman–Crippen LogP) is 2.76. The van der Waals surface area contributed by atoms with E-state index in [4.69, 9.17) is 18.9 Å². The van der Waals surface area contributed by atoms with Crippen LogP contribution in [0.15, 0.2) is 48.5 Å². The Labute approximate surface area is 134 Å². The largest absolute Gasteiger partial charge is 0.490 e. The summed E-state index contributed by atoms with van der Waals surface area (Å²) in [6.45, 7) is 2.61. The lowest BCUT2D eigenvalue weighted by Gasteiger charge is -2.24. The number of para-hydroxylation sites is 2. The molecule has 0 saturated heterocycles. The summed E-state index contributed by atoms with van der Waals surface area (Å²) in [5.41, 5.74) is 1.17. The third-order valence-electron chi connectivity index (χ3n) is 3.39. The van der Waals surface area contributed by atoms with Crippen molar-refractivity contribution in [1.29, 1.82) is 0 Å². The first-order valence-corrected chi connectivity index (χ1v) is 7.47. The van der Waals surface area contributed by atoms with E-state index < -0.39 is 12.1 Å². The quantitative estimate of drug-likeness (QED) is 0.627. The average molecular weight is 314 g/mol. The molecule has 2 aromatic carbocycles. The summed E-state index contributed by atoms with van der Waals surface area (Å²) in [5, 5.41) is 0. The Kier molecular flexibility index (Phi) is 4.66. The molecular weight excluding hydrogens is 296 g/mol. The summed E-state index contributed by atoms with van der Waals surface area (Å²) in [4.78, 5) is 12.0. The highest BCUT2D eigenvalue weighted by atomic mass is 16.6. The van der Waals surface area contributed by atoms with E-state index in [9.17, 15) is 4.79 Å². The van der Waals surface area contributed by atoms with Gasteiger partial charge in [0.1, 0.15) is 25.6 Å². The van der Waals surface area contributed by atoms with Crippen LogP contribution in [0.3, 0.4) is 0 Å². The fraction of sp³-hybridized carbons (Fsp3) is 0.278. The Balaban J connectivity index is 1.42. The number of hydrogen-bond donors (Lipinski definition) is 0. The van der Waals surface area contributed by atoms with E-state index in [1.807, 2.05) is 43.3 Å². The monoisotopic (exact) mass is 314 g/mol. The third-order valence-corrected chi connectivity index (χ3v) is 3.39. The summed E-state index contributed by atoms with van der Waals surface area (Å²) >= 11 is 0. The van der Waals surface area contributed by atoms with E-state index in [2.05, 4.69) is 0 Å². The minimum absolute atomic E-state index is 0.147. The molecule has 0 bridgehead atoms. The average Bonchev–Trinajstić information content (AvgIpc) is 2.59. The maximum atomic E-state index is 12.0. The van der Waals surface area contributed by atoms with Crippen molar-refractivity contribution in [2.24, 2.45) is 0 Å². The van der Waals surface area contributed by atoms with Crippen LogP contribution >= 0.6 is 0 Å². The van der Waals surface area contributed by atoms with Crippen molar-refractivity contribution >= 4 is 5.97 Å². The molecule has 3 rings (SSSR count). The molecule has 0 fully saturated rings. The first-order chi connectivity index (χ1) is 11.2. The molecule has 1 heterocycles. The zero-order valence-corrected chi connectivity index (χ0v) is 12.9.